The number of carbonyl (C=O) groups is 1. The van der Waals surface area contributed by atoms with Crippen LogP contribution in [-0.4, -0.2) is 12.9 Å². The molecule has 4 aromatic carbocycles. The molecule has 4 aromatic rings. The Labute approximate surface area is 227 Å². The van der Waals surface area contributed by atoms with Gasteiger partial charge in [-0.15, -0.1) is 0 Å². The third kappa shape index (κ3) is 6.94. The molecule has 0 aliphatic carbocycles. The van der Waals surface area contributed by atoms with Crippen LogP contribution in [0.4, 0.5) is 5.69 Å². The molecule has 0 saturated carbocycles. The number of fused-ring (bicyclic) bond motifs is 1. The van der Waals surface area contributed by atoms with E-state index in [0.717, 1.165) is 38.9 Å². The molecule has 3 nitrogen and oxygen atoms in total. The summed E-state index contributed by atoms with van der Waals surface area (Å²) in [7, 11) is 1.67. The summed E-state index contributed by atoms with van der Waals surface area (Å²) in [4.78, 5) is 13.1. The van der Waals surface area contributed by atoms with E-state index in [-0.39, 0.29) is 11.8 Å². The van der Waals surface area contributed by atoms with Crippen LogP contribution in [0.25, 0.3) is 10.8 Å². The van der Waals surface area contributed by atoms with Crippen LogP contribution in [0.3, 0.4) is 0 Å². The molecule has 0 saturated heterocycles. The number of rotatable bonds is 9. The highest BCUT2D eigenvalue weighted by atomic mass is 35.6. The molecule has 186 valence electrons. The van der Waals surface area contributed by atoms with Crippen molar-refractivity contribution in [3.63, 3.8) is 0 Å². The Morgan fingerprint density at radius 2 is 1.64 bits per heavy atom. The summed E-state index contributed by atoms with van der Waals surface area (Å²) in [5, 5.41) is 5.76. The molecule has 0 aliphatic rings. The van der Waals surface area contributed by atoms with Crippen LogP contribution in [0.5, 0.6) is 5.75 Å². The second-order valence-electron chi connectivity index (χ2n) is 8.98. The molecule has 0 radical (unpaired) electrons. The molecule has 1 unspecified atom stereocenters. The number of ether oxygens (including phenoxy) is 1. The topological polar surface area (TPSA) is 38.3 Å². The van der Waals surface area contributed by atoms with Gasteiger partial charge in [0.2, 0.25) is 3.79 Å². The fourth-order valence-corrected chi connectivity index (χ4v) is 4.64. The Kier molecular flexibility index (Phi) is 8.46. The fourth-order valence-electron chi connectivity index (χ4n) is 4.26. The van der Waals surface area contributed by atoms with Gasteiger partial charge in [-0.25, -0.2) is 0 Å². The lowest BCUT2D eigenvalue weighted by molar-refractivity contribution is -0.119. The molecule has 1 N–H and O–H groups in total. The number of nitrogens with one attached hydrogen (secondary N) is 1. The first kappa shape index (κ1) is 26.3. The number of methoxy groups -OCH3 is 1. The van der Waals surface area contributed by atoms with E-state index in [2.05, 4.69) is 29.6 Å². The van der Waals surface area contributed by atoms with Crippen molar-refractivity contribution < 1.29 is 9.53 Å². The van der Waals surface area contributed by atoms with Gasteiger partial charge in [0.15, 0.2) is 0 Å². The highest BCUT2D eigenvalue weighted by Crippen LogP contribution is 2.38. The zero-order chi connectivity index (χ0) is 25.7. The predicted molar refractivity (Wildman–Crippen MR) is 152 cm³/mol. The number of carbonyl (C=O) groups excluding carboxylic acids is 1. The van der Waals surface area contributed by atoms with E-state index < -0.39 is 3.79 Å². The van der Waals surface area contributed by atoms with Crippen molar-refractivity contribution >= 4 is 57.0 Å². The quantitative estimate of drug-likeness (QED) is 0.216. The number of alkyl halides is 3. The monoisotopic (exact) mass is 539 g/mol. The standard InChI is InChI=1S/C30H28Cl3NO2/c1-20-4-3-5-24(16-20)29(34-26-12-10-25(11-13-26)30(31,32)33)19-27(35)14-7-21-6-8-23-18-28(36-2)15-9-22(23)17-21/h3-6,8-13,15-18,29,34H,7,14,19H2,1-2H3. The first-order chi connectivity index (χ1) is 17.2. The molecule has 36 heavy (non-hydrogen) atoms. The Bertz CT molecular complexity index is 1350. The molecule has 0 fully saturated rings. The number of anilines is 1. The van der Waals surface area contributed by atoms with Gasteiger partial charge in [0.05, 0.1) is 13.2 Å². The van der Waals surface area contributed by atoms with E-state index in [1.54, 1.807) is 19.2 Å². The number of hydrogen-bond donors (Lipinski definition) is 1. The zero-order valence-electron chi connectivity index (χ0n) is 20.2. The minimum atomic E-state index is -1.47. The Morgan fingerprint density at radius 3 is 2.33 bits per heavy atom. The van der Waals surface area contributed by atoms with E-state index in [1.165, 1.54) is 0 Å². The lowest BCUT2D eigenvalue weighted by atomic mass is 9.96. The molecule has 0 heterocycles. The van der Waals surface area contributed by atoms with Crippen LogP contribution in [0.1, 0.15) is 41.1 Å². The molecule has 6 heteroatoms. The van der Waals surface area contributed by atoms with Crippen molar-refractivity contribution in [1.29, 1.82) is 0 Å². The van der Waals surface area contributed by atoms with Crippen LogP contribution in [-0.2, 0) is 15.0 Å². The number of benzene rings is 4. The van der Waals surface area contributed by atoms with Crippen molar-refractivity contribution in [1.82, 2.24) is 0 Å². The highest BCUT2D eigenvalue weighted by molar-refractivity contribution is 6.66. The van der Waals surface area contributed by atoms with E-state index >= 15 is 0 Å². The number of ketones is 1. The van der Waals surface area contributed by atoms with Crippen LogP contribution in [0.2, 0.25) is 0 Å². The lowest BCUT2D eigenvalue weighted by Crippen LogP contribution is -2.16. The maximum Gasteiger partial charge on any atom is 0.216 e. The number of hydrogen-bond acceptors (Lipinski definition) is 3. The van der Waals surface area contributed by atoms with Gasteiger partial charge < -0.3 is 10.1 Å². The van der Waals surface area contributed by atoms with Crippen LogP contribution >= 0.6 is 34.8 Å². The third-order valence-electron chi connectivity index (χ3n) is 6.23. The summed E-state index contributed by atoms with van der Waals surface area (Å²) in [5.74, 6) is 1.03. The third-order valence-corrected chi connectivity index (χ3v) is 6.89. The van der Waals surface area contributed by atoms with Crippen LogP contribution < -0.4 is 10.1 Å². The lowest BCUT2D eigenvalue weighted by Gasteiger charge is -2.21. The zero-order valence-corrected chi connectivity index (χ0v) is 22.5. The van der Waals surface area contributed by atoms with Crippen LogP contribution in [0, 0.1) is 6.92 Å². The first-order valence-electron chi connectivity index (χ1n) is 11.8. The number of aryl methyl sites for hydroxylation is 2. The van der Waals surface area contributed by atoms with Gasteiger partial charge >= 0.3 is 0 Å². The minimum absolute atomic E-state index is 0.167. The first-order valence-corrected chi connectivity index (χ1v) is 12.9. The van der Waals surface area contributed by atoms with Gasteiger partial charge in [0.25, 0.3) is 0 Å². The maximum atomic E-state index is 13.1. The van der Waals surface area contributed by atoms with Crippen molar-refractivity contribution in [3.05, 3.63) is 107 Å². The minimum Gasteiger partial charge on any atom is -0.497 e. The van der Waals surface area contributed by atoms with Gasteiger partial charge in [-0.3, -0.25) is 4.79 Å². The van der Waals surface area contributed by atoms with Gasteiger partial charge in [-0.1, -0.05) is 101 Å². The van der Waals surface area contributed by atoms with Crippen molar-refractivity contribution in [2.45, 2.75) is 36.0 Å². The van der Waals surface area contributed by atoms with Gasteiger partial charge in [-0.2, -0.15) is 0 Å². The smallest absolute Gasteiger partial charge is 0.216 e. The molecule has 0 bridgehead atoms. The molecular formula is C30H28Cl3NO2. The van der Waals surface area contributed by atoms with Gasteiger partial charge in [0, 0.05) is 24.1 Å². The van der Waals surface area contributed by atoms with Crippen LogP contribution in [0.15, 0.2) is 84.9 Å². The summed E-state index contributed by atoms with van der Waals surface area (Å²) in [6.07, 6.45) is 1.54. The van der Waals surface area contributed by atoms with Crippen molar-refractivity contribution in [3.8, 4) is 5.75 Å². The average Bonchev–Trinajstić information content (AvgIpc) is 2.86. The largest absolute Gasteiger partial charge is 0.497 e. The normalized spacial score (nSPS) is 12.4. The Morgan fingerprint density at radius 1 is 0.917 bits per heavy atom. The average molecular weight is 541 g/mol. The maximum absolute atomic E-state index is 13.1. The van der Waals surface area contributed by atoms with Gasteiger partial charge in [-0.05, 0) is 59.5 Å². The molecule has 4 rings (SSSR count). The highest BCUT2D eigenvalue weighted by Gasteiger charge is 2.23. The molecule has 0 amide bonds. The summed E-state index contributed by atoms with van der Waals surface area (Å²) >= 11 is 18.0. The molecule has 0 aliphatic heterocycles. The second-order valence-corrected chi connectivity index (χ2v) is 11.3. The van der Waals surface area contributed by atoms with E-state index in [4.69, 9.17) is 39.5 Å². The molecule has 0 aromatic heterocycles. The second kappa shape index (κ2) is 11.6. The van der Waals surface area contributed by atoms with Crippen molar-refractivity contribution in [2.75, 3.05) is 12.4 Å². The van der Waals surface area contributed by atoms with E-state index in [1.807, 2.05) is 55.5 Å². The Hall–Kier alpha value is -2.72. The Balaban J connectivity index is 1.45. The van der Waals surface area contributed by atoms with E-state index in [9.17, 15) is 4.79 Å². The predicted octanol–water partition coefficient (Wildman–Crippen LogP) is 8.73. The molecule has 0 spiro atoms. The van der Waals surface area contributed by atoms with Crippen molar-refractivity contribution in [2.24, 2.45) is 0 Å². The SMILES string of the molecule is COc1ccc2cc(CCC(=O)CC(Nc3ccc(C(Cl)(Cl)Cl)cc3)c3cccc(C)c3)ccc2c1. The van der Waals surface area contributed by atoms with Gasteiger partial charge in [0.1, 0.15) is 11.5 Å². The number of Topliss-reactive ketones (excluding diaryl/α,β-unsaturated/α-hetero) is 1. The molecular weight excluding hydrogens is 513 g/mol. The fraction of sp³-hybridized carbons (Fsp3) is 0.233. The number of halogens is 3. The summed E-state index contributed by atoms with van der Waals surface area (Å²) in [6.45, 7) is 2.05. The summed E-state index contributed by atoms with van der Waals surface area (Å²) < 4.78 is 3.83. The summed E-state index contributed by atoms with van der Waals surface area (Å²) in [6, 6.07) is 27.7. The molecule has 1 atom stereocenters. The van der Waals surface area contributed by atoms with E-state index in [0.29, 0.717) is 24.8 Å². The summed E-state index contributed by atoms with van der Waals surface area (Å²) in [5.41, 5.74) is 4.80.